The smallest absolute Gasteiger partial charge is 0.137 e. The summed E-state index contributed by atoms with van der Waals surface area (Å²) in [7, 11) is 2.09. The van der Waals surface area contributed by atoms with Crippen molar-refractivity contribution in [3.63, 3.8) is 0 Å². The van der Waals surface area contributed by atoms with E-state index in [1.54, 1.807) is 6.08 Å². The molecule has 2 aromatic heterocycles. The zero-order valence-electron chi connectivity index (χ0n) is 26.7. The fraction of sp³-hybridized carbons (Fsp3) is 0.0698. The highest BCUT2D eigenvalue weighted by molar-refractivity contribution is 6.17. The van der Waals surface area contributed by atoms with Gasteiger partial charge in [0, 0.05) is 46.9 Å². The average Bonchev–Trinajstić information content (AvgIpc) is 3.63. The third-order valence-corrected chi connectivity index (χ3v) is 8.64. The number of anilines is 2. The molecule has 0 saturated heterocycles. The predicted molar refractivity (Wildman–Crippen MR) is 201 cm³/mol. The van der Waals surface area contributed by atoms with Gasteiger partial charge in [0.15, 0.2) is 0 Å². The fourth-order valence-electron chi connectivity index (χ4n) is 6.42. The molecule has 0 amide bonds. The molecule has 8 aromatic rings. The molecule has 6 aromatic carbocycles. The van der Waals surface area contributed by atoms with E-state index < -0.39 is 0 Å². The van der Waals surface area contributed by atoms with Crippen LogP contribution in [0.15, 0.2) is 163 Å². The quantitative estimate of drug-likeness (QED) is 0.150. The normalized spacial score (nSPS) is 11.4. The van der Waals surface area contributed by atoms with Gasteiger partial charge in [-0.25, -0.2) is 0 Å². The lowest BCUT2D eigenvalue weighted by atomic mass is 10.0. The minimum Gasteiger partial charge on any atom is -0.456 e. The highest BCUT2D eigenvalue weighted by atomic mass is 16.3. The summed E-state index contributed by atoms with van der Waals surface area (Å²) in [6.45, 7) is 6.21. The zero-order valence-corrected chi connectivity index (χ0v) is 26.7. The largest absolute Gasteiger partial charge is 0.456 e. The Morgan fingerprint density at radius 2 is 1.43 bits per heavy atom. The van der Waals surface area contributed by atoms with Gasteiger partial charge in [-0.1, -0.05) is 110 Å². The van der Waals surface area contributed by atoms with Crippen LogP contribution in [0.4, 0.5) is 11.4 Å². The monoisotopic (exact) mass is 611 g/mol. The first-order valence-corrected chi connectivity index (χ1v) is 15.9. The Morgan fingerprint density at radius 1 is 0.681 bits per heavy atom. The van der Waals surface area contributed by atoms with Gasteiger partial charge in [0.05, 0.1) is 22.4 Å². The summed E-state index contributed by atoms with van der Waals surface area (Å²) in [6, 6.07) is 46.9. The Labute approximate surface area is 275 Å². The molecule has 0 spiro atoms. The third-order valence-electron chi connectivity index (χ3n) is 8.64. The SMILES string of the molecule is C=C/C=C\C.CN(Cc1ccccc1)c1cc(-c2cccc(-n3c4ccccc4c4cc5c(cc43)oc3ccccc35)c2)ccc1N. The Hall–Kier alpha value is -6.00. The molecule has 0 saturated carbocycles. The summed E-state index contributed by atoms with van der Waals surface area (Å²) in [4.78, 5) is 2.21. The van der Waals surface area contributed by atoms with E-state index in [0.29, 0.717) is 0 Å². The number of allylic oxidation sites excluding steroid dienone is 3. The molecule has 0 radical (unpaired) electrons. The maximum atomic E-state index is 6.47. The minimum atomic E-state index is 0.769. The van der Waals surface area contributed by atoms with Crippen molar-refractivity contribution in [3.8, 4) is 16.8 Å². The zero-order chi connectivity index (χ0) is 32.3. The van der Waals surface area contributed by atoms with Gasteiger partial charge in [0.2, 0.25) is 0 Å². The summed E-state index contributed by atoms with van der Waals surface area (Å²) >= 11 is 0. The van der Waals surface area contributed by atoms with Crippen molar-refractivity contribution in [1.29, 1.82) is 0 Å². The van der Waals surface area contributed by atoms with Crippen LogP contribution in [0, 0.1) is 0 Å². The second-order valence-corrected chi connectivity index (χ2v) is 11.7. The van der Waals surface area contributed by atoms with Crippen molar-refractivity contribution in [3.05, 3.63) is 164 Å². The number of aromatic nitrogens is 1. The van der Waals surface area contributed by atoms with Crippen LogP contribution in [-0.2, 0) is 6.54 Å². The first kappa shape index (κ1) is 29.7. The van der Waals surface area contributed by atoms with Gasteiger partial charge in [-0.15, -0.1) is 0 Å². The number of para-hydroxylation sites is 2. The molecule has 47 heavy (non-hydrogen) atoms. The van der Waals surface area contributed by atoms with E-state index in [4.69, 9.17) is 10.2 Å². The molecule has 0 aliphatic rings. The predicted octanol–water partition coefficient (Wildman–Crippen LogP) is 11.3. The lowest BCUT2D eigenvalue weighted by Crippen LogP contribution is -2.17. The number of rotatable bonds is 6. The average molecular weight is 612 g/mol. The van der Waals surface area contributed by atoms with E-state index in [1.165, 1.54) is 21.9 Å². The van der Waals surface area contributed by atoms with Crippen molar-refractivity contribution in [1.82, 2.24) is 4.57 Å². The first-order valence-electron chi connectivity index (χ1n) is 15.9. The van der Waals surface area contributed by atoms with Crippen LogP contribution < -0.4 is 10.6 Å². The second kappa shape index (κ2) is 12.8. The molecule has 2 heterocycles. The summed E-state index contributed by atoms with van der Waals surface area (Å²) in [5, 5.41) is 4.73. The number of nitrogens with zero attached hydrogens (tertiary/aromatic N) is 2. The number of fused-ring (bicyclic) bond motifs is 6. The van der Waals surface area contributed by atoms with Crippen molar-refractivity contribution in [2.45, 2.75) is 13.5 Å². The Bertz CT molecular complexity index is 2390. The standard InChI is InChI=1S/C38H29N3O.C5H8/c1-40(24-25-10-3-2-4-11-25)36-21-27(18-19-33(36)39)26-12-9-13-28(20-26)41-34-16-7-5-14-29(34)31-22-32-30-15-6-8-17-37(30)42-38(32)23-35(31)41;1-3-5-4-2/h2-23H,24,39H2,1H3;3-5H,1H2,2H3/b;5-4-. The second-order valence-electron chi connectivity index (χ2n) is 11.7. The van der Waals surface area contributed by atoms with Gasteiger partial charge in [0.25, 0.3) is 0 Å². The van der Waals surface area contributed by atoms with Crippen LogP contribution in [0.1, 0.15) is 12.5 Å². The molecule has 0 aliphatic carbocycles. The maximum absolute atomic E-state index is 6.47. The molecule has 0 fully saturated rings. The van der Waals surface area contributed by atoms with Crippen LogP contribution in [-0.4, -0.2) is 11.6 Å². The van der Waals surface area contributed by atoms with Crippen LogP contribution in [0.25, 0.3) is 60.6 Å². The van der Waals surface area contributed by atoms with Gasteiger partial charge in [0.1, 0.15) is 11.2 Å². The summed E-state index contributed by atoms with van der Waals surface area (Å²) in [5.41, 5.74) is 17.0. The number of hydrogen-bond donors (Lipinski definition) is 1. The molecular weight excluding hydrogens is 574 g/mol. The van der Waals surface area contributed by atoms with Crippen LogP contribution in [0.2, 0.25) is 0 Å². The van der Waals surface area contributed by atoms with Crippen molar-refractivity contribution in [2.75, 3.05) is 17.7 Å². The molecule has 4 nitrogen and oxygen atoms in total. The first-order chi connectivity index (χ1) is 23.1. The molecule has 230 valence electrons. The number of nitrogen functional groups attached to an aromatic ring is 1. The van der Waals surface area contributed by atoms with E-state index in [9.17, 15) is 0 Å². The molecule has 2 N–H and O–H groups in total. The van der Waals surface area contributed by atoms with Crippen molar-refractivity contribution >= 4 is 55.1 Å². The lowest BCUT2D eigenvalue weighted by molar-refractivity contribution is 0.669. The van der Waals surface area contributed by atoms with Gasteiger partial charge >= 0.3 is 0 Å². The van der Waals surface area contributed by atoms with E-state index >= 15 is 0 Å². The summed E-state index contributed by atoms with van der Waals surface area (Å²) in [6.07, 6.45) is 5.58. The molecule has 8 rings (SSSR count). The molecule has 0 bridgehead atoms. The van der Waals surface area contributed by atoms with Gasteiger partial charge in [-0.05, 0) is 66.1 Å². The topological polar surface area (TPSA) is 47.3 Å². The van der Waals surface area contributed by atoms with Gasteiger partial charge in [-0.3, -0.25) is 0 Å². The van der Waals surface area contributed by atoms with Crippen molar-refractivity contribution < 1.29 is 4.42 Å². The number of furan rings is 1. The minimum absolute atomic E-state index is 0.769. The third kappa shape index (κ3) is 5.66. The van der Waals surface area contributed by atoms with Crippen LogP contribution >= 0.6 is 0 Å². The van der Waals surface area contributed by atoms with E-state index in [1.807, 2.05) is 43.3 Å². The Balaban J connectivity index is 0.000000656. The Kier molecular flexibility index (Phi) is 8.07. The number of benzene rings is 6. The molecule has 0 unspecified atom stereocenters. The number of hydrogen-bond acceptors (Lipinski definition) is 3. The summed E-state index contributed by atoms with van der Waals surface area (Å²) in [5.74, 6) is 0. The van der Waals surface area contributed by atoms with Crippen molar-refractivity contribution in [2.24, 2.45) is 0 Å². The lowest BCUT2D eigenvalue weighted by Gasteiger charge is -2.22. The maximum Gasteiger partial charge on any atom is 0.137 e. The fourth-order valence-corrected chi connectivity index (χ4v) is 6.42. The van der Waals surface area contributed by atoms with E-state index in [2.05, 4.69) is 132 Å². The van der Waals surface area contributed by atoms with E-state index in [0.717, 1.165) is 62.2 Å². The molecule has 4 heteroatoms. The molecule has 0 atom stereocenters. The van der Waals surface area contributed by atoms with Gasteiger partial charge < -0.3 is 19.6 Å². The molecule has 0 aliphatic heterocycles. The van der Waals surface area contributed by atoms with Gasteiger partial charge in [-0.2, -0.15) is 0 Å². The highest BCUT2D eigenvalue weighted by Crippen LogP contribution is 2.39. The van der Waals surface area contributed by atoms with Crippen LogP contribution in [0.3, 0.4) is 0 Å². The van der Waals surface area contributed by atoms with E-state index in [-0.39, 0.29) is 0 Å². The van der Waals surface area contributed by atoms with Crippen LogP contribution in [0.5, 0.6) is 0 Å². The summed E-state index contributed by atoms with van der Waals surface area (Å²) < 4.78 is 8.65. The number of nitrogens with two attached hydrogens (primary N) is 1. The highest BCUT2D eigenvalue weighted by Gasteiger charge is 2.17. The Morgan fingerprint density at radius 3 is 2.21 bits per heavy atom. The molecular formula is C43H37N3O.